The molecule has 20 rings (SSSR count). The van der Waals surface area contributed by atoms with E-state index in [1.54, 1.807) is 7.11 Å². The Morgan fingerprint density at radius 1 is 0.338 bits per heavy atom. The summed E-state index contributed by atoms with van der Waals surface area (Å²) in [6, 6.07) is 95.4. The van der Waals surface area contributed by atoms with Gasteiger partial charge in [0.2, 0.25) is 0 Å². The number of aliphatic hydroxyl groups is 4. The molecule has 23 nitrogen and oxygen atoms in total. The van der Waals surface area contributed by atoms with Crippen LogP contribution < -0.4 is 4.74 Å². The van der Waals surface area contributed by atoms with Crippen LogP contribution in [-0.2, 0) is 76.7 Å². The number of hydrogen-bond donors (Lipinski definition) is 4. The van der Waals surface area contributed by atoms with Crippen LogP contribution in [0.25, 0.3) is 33.4 Å². The van der Waals surface area contributed by atoms with Crippen LogP contribution in [0.3, 0.4) is 0 Å². The minimum absolute atomic E-state index is 0.0335. The second-order valence-corrected chi connectivity index (χ2v) is 33.2. The van der Waals surface area contributed by atoms with E-state index < -0.39 is 128 Å². The topological polar surface area (TPSA) is 280 Å². The summed E-state index contributed by atoms with van der Waals surface area (Å²) < 4.78 is 91.7. The van der Waals surface area contributed by atoms with E-state index in [0.717, 1.165) is 83.5 Å². The third kappa shape index (κ3) is 19.7. The Morgan fingerprint density at radius 2 is 0.654 bits per heavy atom. The maximum Gasteiger partial charge on any atom is 0.508 e. The Hall–Kier alpha value is -11.2. The van der Waals surface area contributed by atoms with E-state index in [-0.39, 0.29) is 76.2 Å². The number of ether oxygens (including phenoxy) is 16. The lowest BCUT2D eigenvalue weighted by Gasteiger charge is -2.45. The van der Waals surface area contributed by atoms with E-state index in [9.17, 15) is 34.8 Å². The smallest absolute Gasteiger partial charge is 0.497 e. The Labute approximate surface area is 760 Å². The molecule has 6 saturated heterocycles. The van der Waals surface area contributed by atoms with Gasteiger partial charge >= 0.3 is 18.5 Å². The highest BCUT2D eigenvalue weighted by Crippen LogP contribution is 2.50. The molecule has 9 aliphatic rings. The fraction of sp³-hybridized carbons (Fsp3) is 0.330. The first-order valence-corrected chi connectivity index (χ1v) is 43.8. The lowest BCUT2D eigenvalue weighted by atomic mass is 9.77. The molecule has 0 bridgehead atoms. The Balaban J connectivity index is 0.000000128. The molecule has 27 heteroatoms. The molecule has 4 N–H and O–H groups in total. The van der Waals surface area contributed by atoms with Crippen LogP contribution in [0, 0.1) is 0 Å². The normalized spacial score (nSPS) is 26.2. The van der Waals surface area contributed by atoms with Gasteiger partial charge in [0.05, 0.1) is 71.0 Å². The van der Waals surface area contributed by atoms with E-state index in [1.165, 1.54) is 11.1 Å². The van der Waals surface area contributed by atoms with Crippen LogP contribution in [0.15, 0.2) is 291 Å². The van der Waals surface area contributed by atoms with Gasteiger partial charge in [-0.05, 0) is 119 Å². The highest BCUT2D eigenvalue weighted by Gasteiger charge is 2.50. The number of methoxy groups -OCH3 is 1. The third-order valence-corrected chi connectivity index (χ3v) is 25.3. The van der Waals surface area contributed by atoms with E-state index in [4.69, 9.17) is 107 Å². The van der Waals surface area contributed by atoms with Crippen molar-refractivity contribution in [3.63, 3.8) is 0 Å². The van der Waals surface area contributed by atoms with E-state index in [2.05, 4.69) is 48.5 Å². The summed E-state index contributed by atoms with van der Waals surface area (Å²) in [4.78, 5) is 38.2. The lowest BCUT2D eigenvalue weighted by Crippen LogP contribution is -2.56. The van der Waals surface area contributed by atoms with Crippen molar-refractivity contribution in [2.24, 2.45) is 0 Å². The molecular formula is C103H98B4O23. The standard InChI is InChI=1S/C41H37BO7.C28H25BO6.C21H21BO6.C13H15BO4/c1-45-30-22-20-29(21-23-30)41(27-12-4-2-5-13-27,28-14-6-3-7-15-28)48-26-37-38(43)39(36(42)25-46-37)49-40(44)47-24-35-33-18-10-8-16-31(33)32-17-9-11-19-34(32)35;29-23-15-31-24-16-32-27(17-8-2-1-3-9-17)34-26(24)25(23)35-28(30)33-14-22-20-12-6-4-10-18(20)19-11-5-7-13-21(19)22;22-17-11-26-18(9-23)19(24)20(17)28-21(25)27-10-16-14-7-3-1-5-12(14)13-6-2-4-8-15(13)16;14-9-6-16-10-7-17-13(18-12(10)11(9)15)8-4-2-1-3-5-8/h2-23,35-39,43H,24-26H2,1H3;1-13,22-27H,14-16H2;1-8,16-20,23-24H,9-11H2;1-5,9-13,15H,6-7H2/t36?,37?,38?,39-;23?,24?,25?,26-,27?;17?,18?,19?,20-;9?,10?,11?,12-,13?/m1010/s1. The first kappa shape index (κ1) is 90.7. The Morgan fingerprint density at radius 3 is 1.05 bits per heavy atom. The fourth-order valence-corrected chi connectivity index (χ4v) is 18.6. The molecule has 660 valence electrons. The van der Waals surface area contributed by atoms with E-state index in [1.807, 2.05) is 243 Å². The monoisotopic (exact) mass is 1750 g/mol. The first-order chi connectivity index (χ1) is 63.5. The third-order valence-electron chi connectivity index (χ3n) is 25.3. The van der Waals surface area contributed by atoms with Crippen LogP contribution >= 0.6 is 0 Å². The van der Waals surface area contributed by atoms with Gasteiger partial charge < -0.3 is 96.2 Å². The SMILES string of the molecule is [B]C1COC(CO)C(O)[C@@H]1OC(=O)OCC1c2ccccc2-c2ccccc21.[B]C1COC(COC(c2ccccc2)(c2ccccc2)c2ccc(OC)cc2)C(O)[C@@H]1OC(=O)OCC1c2ccccc2-c2ccccc21.[B]C1COC2COC(c3ccccc3)O[C@@H]2C1O.[B]C1COC2COC(c3ccccc3)O[C@@H]2C1OC(=O)OCC1c2ccccc2-c2ccccc21. The highest BCUT2D eigenvalue weighted by molar-refractivity contribution is 6.13. The van der Waals surface area contributed by atoms with Gasteiger partial charge in [-0.25, -0.2) is 14.4 Å². The van der Waals surface area contributed by atoms with Crippen molar-refractivity contribution in [2.75, 3.05) is 79.8 Å². The molecule has 0 aromatic heterocycles. The Bertz CT molecular complexity index is 5420. The minimum atomic E-state index is -1.27. The molecule has 8 radical (unpaired) electrons. The maximum atomic E-state index is 13.1. The second kappa shape index (κ2) is 41.9. The van der Waals surface area contributed by atoms with Gasteiger partial charge in [-0.15, -0.1) is 0 Å². The molecular weight excluding hydrogens is 1650 g/mol. The molecule has 0 saturated carbocycles. The zero-order valence-electron chi connectivity index (χ0n) is 71.5. The largest absolute Gasteiger partial charge is 0.508 e. The van der Waals surface area contributed by atoms with Gasteiger partial charge in [-0.2, -0.15) is 0 Å². The number of hydrogen-bond acceptors (Lipinski definition) is 23. The van der Waals surface area contributed by atoms with Crippen molar-refractivity contribution >= 4 is 49.9 Å². The van der Waals surface area contributed by atoms with Gasteiger partial charge in [-0.1, -0.05) is 279 Å². The fourth-order valence-electron chi connectivity index (χ4n) is 18.6. The van der Waals surface area contributed by atoms with Crippen molar-refractivity contribution in [3.05, 3.63) is 352 Å². The zero-order chi connectivity index (χ0) is 89.8. The van der Waals surface area contributed by atoms with Crippen molar-refractivity contribution < 1.29 is 111 Å². The van der Waals surface area contributed by atoms with Gasteiger partial charge in [0.15, 0.2) is 12.6 Å². The molecule has 3 aliphatic carbocycles. The van der Waals surface area contributed by atoms with Crippen molar-refractivity contribution in [2.45, 2.75) is 132 Å². The summed E-state index contributed by atoms with van der Waals surface area (Å²) in [7, 11) is 25.9. The molecule has 0 spiro atoms. The summed E-state index contributed by atoms with van der Waals surface area (Å²) in [6.45, 7) is 1.40. The van der Waals surface area contributed by atoms with Crippen LogP contribution in [-0.4, -0.2) is 223 Å². The molecule has 6 aliphatic heterocycles. The molecule has 11 aromatic rings. The molecule has 6 heterocycles. The Kier molecular flexibility index (Phi) is 29.2. The summed E-state index contributed by atoms with van der Waals surface area (Å²) in [5.74, 6) is -1.94. The van der Waals surface area contributed by atoms with Gasteiger partial charge in [0.1, 0.15) is 98.3 Å². The average Bonchev–Trinajstić information content (AvgIpc) is 1.76. The van der Waals surface area contributed by atoms with Crippen molar-refractivity contribution in [1.29, 1.82) is 0 Å². The number of rotatable bonds is 19. The summed E-state index contributed by atoms with van der Waals surface area (Å²) >= 11 is 0. The van der Waals surface area contributed by atoms with Crippen LogP contribution in [0.2, 0.25) is 23.3 Å². The highest BCUT2D eigenvalue weighted by atomic mass is 16.8. The quantitative estimate of drug-likeness (QED) is 0.0253. The zero-order valence-corrected chi connectivity index (χ0v) is 71.5. The number of aliphatic hydroxyl groups excluding tert-OH is 4. The molecule has 11 aromatic carbocycles. The first-order valence-electron chi connectivity index (χ1n) is 43.8. The van der Waals surface area contributed by atoms with Crippen LogP contribution in [0.1, 0.15) is 91.5 Å². The molecule has 130 heavy (non-hydrogen) atoms. The predicted octanol–water partition coefficient (Wildman–Crippen LogP) is 14.7. The van der Waals surface area contributed by atoms with E-state index >= 15 is 0 Å². The lowest BCUT2D eigenvalue weighted by molar-refractivity contribution is -0.299. The number of carbonyl (C=O) groups excluding carboxylic acids is 3. The summed E-state index contributed by atoms with van der Waals surface area (Å²) in [5.41, 5.74) is 16.9. The van der Waals surface area contributed by atoms with E-state index in [0.29, 0.717) is 25.6 Å². The number of fused-ring (bicyclic) bond motifs is 11. The molecule has 0 amide bonds. The summed E-state index contributed by atoms with van der Waals surface area (Å²) in [6.07, 6.45) is -12.9. The minimum Gasteiger partial charge on any atom is -0.497 e. The van der Waals surface area contributed by atoms with Gasteiger partial charge in [-0.3, -0.25) is 0 Å². The number of benzene rings is 11. The van der Waals surface area contributed by atoms with Crippen molar-refractivity contribution in [1.82, 2.24) is 0 Å². The van der Waals surface area contributed by atoms with Crippen LogP contribution in [0.5, 0.6) is 5.75 Å². The maximum absolute atomic E-state index is 13.1. The average molecular weight is 1750 g/mol. The van der Waals surface area contributed by atoms with Gasteiger partial charge in [0.25, 0.3) is 0 Å². The molecule has 14 unspecified atom stereocenters. The second-order valence-electron chi connectivity index (χ2n) is 33.2. The molecule has 18 atom stereocenters. The summed E-state index contributed by atoms with van der Waals surface area (Å²) in [5, 5.41) is 41.0. The predicted molar refractivity (Wildman–Crippen MR) is 484 cm³/mol. The molecule has 6 fully saturated rings. The van der Waals surface area contributed by atoms with Crippen molar-refractivity contribution in [3.8, 4) is 39.1 Å². The van der Waals surface area contributed by atoms with Gasteiger partial charge in [0, 0.05) is 55.3 Å². The number of carbonyl (C=O) groups is 3. The van der Waals surface area contributed by atoms with Crippen LogP contribution in [0.4, 0.5) is 14.4 Å².